The topological polar surface area (TPSA) is 49.6 Å². The van der Waals surface area contributed by atoms with E-state index in [-0.39, 0.29) is 5.41 Å². The first-order valence-corrected chi connectivity index (χ1v) is 7.21. The highest BCUT2D eigenvalue weighted by atomic mass is 32.1. The number of aryl methyl sites for hydroxylation is 2. The maximum atomic E-state index is 9.29. The van der Waals surface area contributed by atoms with Crippen LogP contribution in [0.4, 0.5) is 0 Å². The van der Waals surface area contributed by atoms with Crippen LogP contribution in [0.25, 0.3) is 4.96 Å². The average Bonchev–Trinajstić information content (AvgIpc) is 2.95. The molecule has 0 unspecified atom stereocenters. The quantitative estimate of drug-likeness (QED) is 0.868. The van der Waals surface area contributed by atoms with Crippen LogP contribution in [-0.4, -0.2) is 27.6 Å². The second kappa shape index (κ2) is 4.33. The Hall–Kier alpha value is -0.910. The molecule has 0 atom stereocenters. The van der Waals surface area contributed by atoms with Crippen molar-refractivity contribution in [3.8, 4) is 0 Å². The smallest absolute Gasteiger partial charge is 0.194 e. The lowest BCUT2D eigenvalue weighted by Gasteiger charge is -2.12. The summed E-state index contributed by atoms with van der Waals surface area (Å²) < 4.78 is 2.18. The van der Waals surface area contributed by atoms with Gasteiger partial charge < -0.3 is 10.4 Å². The molecule has 1 fully saturated rings. The predicted octanol–water partition coefficient (Wildman–Crippen LogP) is 1.87. The lowest BCUT2D eigenvalue weighted by molar-refractivity contribution is 0.207. The van der Waals surface area contributed by atoms with Crippen molar-refractivity contribution >= 4 is 16.3 Å². The Morgan fingerprint density at radius 2 is 2.28 bits per heavy atom. The van der Waals surface area contributed by atoms with E-state index in [0.29, 0.717) is 6.61 Å². The van der Waals surface area contributed by atoms with Gasteiger partial charge in [-0.25, -0.2) is 4.98 Å². The zero-order valence-corrected chi connectivity index (χ0v) is 11.7. The van der Waals surface area contributed by atoms with E-state index >= 15 is 0 Å². The summed E-state index contributed by atoms with van der Waals surface area (Å²) in [6.07, 6.45) is 4.44. The van der Waals surface area contributed by atoms with Gasteiger partial charge in [-0.15, -0.1) is 11.3 Å². The van der Waals surface area contributed by atoms with E-state index in [1.807, 2.05) is 0 Å². The number of nitrogens with zero attached hydrogens (tertiary/aromatic N) is 2. The summed E-state index contributed by atoms with van der Waals surface area (Å²) in [6.45, 7) is 6.20. The summed E-state index contributed by atoms with van der Waals surface area (Å²) in [5.41, 5.74) is 2.51. The fourth-order valence-electron chi connectivity index (χ4n) is 2.34. The van der Waals surface area contributed by atoms with Gasteiger partial charge in [-0.05, 0) is 26.7 Å². The molecule has 0 aromatic carbocycles. The van der Waals surface area contributed by atoms with Crippen LogP contribution in [0, 0.1) is 19.3 Å². The van der Waals surface area contributed by atoms with E-state index in [2.05, 4.69) is 34.7 Å². The Balaban J connectivity index is 1.71. The van der Waals surface area contributed by atoms with Crippen molar-refractivity contribution in [3.05, 3.63) is 22.5 Å². The normalized spacial score (nSPS) is 17.5. The van der Waals surface area contributed by atoms with Crippen LogP contribution in [0.5, 0.6) is 0 Å². The molecule has 0 spiro atoms. The molecule has 4 nitrogen and oxygen atoms in total. The molecule has 2 N–H and O–H groups in total. The Bertz CT molecular complexity index is 568. The van der Waals surface area contributed by atoms with E-state index < -0.39 is 0 Å². The highest BCUT2D eigenvalue weighted by Crippen LogP contribution is 2.44. The van der Waals surface area contributed by atoms with Crippen molar-refractivity contribution in [1.82, 2.24) is 14.7 Å². The molecular formula is C13H19N3OS. The fourth-order valence-corrected chi connectivity index (χ4v) is 3.23. The molecule has 1 aliphatic carbocycles. The maximum absolute atomic E-state index is 9.29. The minimum Gasteiger partial charge on any atom is -0.396 e. The number of aliphatic hydroxyl groups is 1. The number of fused-ring (bicyclic) bond motifs is 1. The molecular weight excluding hydrogens is 246 g/mol. The van der Waals surface area contributed by atoms with Gasteiger partial charge in [0.2, 0.25) is 0 Å². The summed E-state index contributed by atoms with van der Waals surface area (Å²) in [5.74, 6) is 0. The minimum atomic E-state index is 0.169. The largest absolute Gasteiger partial charge is 0.396 e. The van der Waals surface area contributed by atoms with Crippen LogP contribution >= 0.6 is 11.3 Å². The Labute approximate surface area is 111 Å². The third kappa shape index (κ3) is 2.06. The van der Waals surface area contributed by atoms with Crippen molar-refractivity contribution in [2.45, 2.75) is 33.2 Å². The van der Waals surface area contributed by atoms with Crippen LogP contribution in [-0.2, 0) is 6.54 Å². The first kappa shape index (κ1) is 12.1. The number of hydrogen-bond acceptors (Lipinski definition) is 4. The zero-order valence-electron chi connectivity index (χ0n) is 10.9. The third-order valence-electron chi connectivity index (χ3n) is 3.83. The molecule has 0 radical (unpaired) electrons. The molecule has 98 valence electrons. The highest BCUT2D eigenvalue weighted by Gasteiger charge is 2.41. The molecule has 2 aromatic heterocycles. The van der Waals surface area contributed by atoms with Gasteiger partial charge in [0.05, 0.1) is 11.4 Å². The second-order valence-electron chi connectivity index (χ2n) is 5.40. The number of thiazole rings is 1. The van der Waals surface area contributed by atoms with Gasteiger partial charge >= 0.3 is 0 Å². The molecule has 0 aliphatic heterocycles. The van der Waals surface area contributed by atoms with E-state index in [9.17, 15) is 5.11 Å². The van der Waals surface area contributed by atoms with Crippen LogP contribution in [0.3, 0.4) is 0 Å². The molecule has 2 heterocycles. The van der Waals surface area contributed by atoms with Gasteiger partial charge in [-0.1, -0.05) is 0 Å². The number of aliphatic hydroxyl groups excluding tert-OH is 1. The predicted molar refractivity (Wildman–Crippen MR) is 73.0 cm³/mol. The zero-order chi connectivity index (χ0) is 12.8. The first-order chi connectivity index (χ1) is 8.63. The molecule has 0 bridgehead atoms. The number of nitrogens with one attached hydrogen (secondary N) is 1. The molecule has 1 aliphatic rings. The van der Waals surface area contributed by atoms with Crippen molar-refractivity contribution in [3.63, 3.8) is 0 Å². The van der Waals surface area contributed by atoms with Crippen molar-refractivity contribution < 1.29 is 5.11 Å². The van der Waals surface area contributed by atoms with E-state index in [4.69, 9.17) is 0 Å². The summed E-state index contributed by atoms with van der Waals surface area (Å²) in [5, 5.41) is 12.8. The Kier molecular flexibility index (Phi) is 2.92. The summed E-state index contributed by atoms with van der Waals surface area (Å²) in [4.78, 5) is 6.94. The molecule has 5 heteroatoms. The lowest BCUT2D eigenvalue weighted by Crippen LogP contribution is -2.26. The van der Waals surface area contributed by atoms with Gasteiger partial charge in [0.25, 0.3) is 0 Å². The molecule has 0 amide bonds. The number of aromatic nitrogens is 2. The van der Waals surface area contributed by atoms with E-state index in [1.165, 1.54) is 10.6 Å². The van der Waals surface area contributed by atoms with Crippen molar-refractivity contribution in [2.75, 3.05) is 13.2 Å². The monoisotopic (exact) mass is 265 g/mol. The number of imidazole rings is 1. The molecule has 0 saturated heterocycles. The van der Waals surface area contributed by atoms with Crippen molar-refractivity contribution in [2.24, 2.45) is 5.41 Å². The van der Waals surface area contributed by atoms with E-state index in [0.717, 1.165) is 36.6 Å². The number of rotatable bonds is 5. The van der Waals surface area contributed by atoms with Gasteiger partial charge in [0.15, 0.2) is 4.96 Å². The minimum absolute atomic E-state index is 0.169. The Morgan fingerprint density at radius 1 is 1.50 bits per heavy atom. The summed E-state index contributed by atoms with van der Waals surface area (Å²) >= 11 is 1.73. The molecule has 18 heavy (non-hydrogen) atoms. The second-order valence-corrected chi connectivity index (χ2v) is 6.61. The first-order valence-electron chi connectivity index (χ1n) is 6.39. The average molecular weight is 265 g/mol. The fraction of sp³-hybridized carbons (Fsp3) is 0.615. The summed E-state index contributed by atoms with van der Waals surface area (Å²) in [6, 6.07) is 0. The van der Waals surface area contributed by atoms with Crippen LogP contribution in [0.15, 0.2) is 6.20 Å². The number of hydrogen-bond donors (Lipinski definition) is 2. The highest BCUT2D eigenvalue weighted by molar-refractivity contribution is 7.17. The Morgan fingerprint density at radius 3 is 2.94 bits per heavy atom. The van der Waals surface area contributed by atoms with Crippen molar-refractivity contribution in [1.29, 1.82) is 0 Å². The van der Waals surface area contributed by atoms with Crippen LogP contribution in [0.1, 0.15) is 29.1 Å². The van der Waals surface area contributed by atoms with Gasteiger partial charge in [0.1, 0.15) is 0 Å². The molecule has 1 saturated carbocycles. The standard InChI is InChI=1S/C13H19N3OS/c1-9-6-16-11(10(2)15-12(16)18-9)5-14-7-13(8-17)3-4-13/h6,14,17H,3-5,7-8H2,1-2H3. The lowest BCUT2D eigenvalue weighted by atomic mass is 10.1. The maximum Gasteiger partial charge on any atom is 0.194 e. The van der Waals surface area contributed by atoms with Crippen LogP contribution < -0.4 is 5.32 Å². The molecule has 2 aromatic rings. The SMILES string of the molecule is Cc1cn2c(CNCC3(CO)CC3)c(C)nc2s1. The third-order valence-corrected chi connectivity index (χ3v) is 4.72. The van der Waals surface area contributed by atoms with E-state index in [1.54, 1.807) is 11.3 Å². The van der Waals surface area contributed by atoms with Gasteiger partial charge in [0, 0.05) is 36.2 Å². The van der Waals surface area contributed by atoms with Crippen LogP contribution in [0.2, 0.25) is 0 Å². The molecule has 3 rings (SSSR count). The van der Waals surface area contributed by atoms with Gasteiger partial charge in [-0.3, -0.25) is 4.40 Å². The summed E-state index contributed by atoms with van der Waals surface area (Å²) in [7, 11) is 0. The van der Waals surface area contributed by atoms with Gasteiger partial charge in [-0.2, -0.15) is 0 Å².